The Hall–Kier alpha value is -0.750. The fraction of sp³-hybridized carbons (Fsp3) is 0.750. The summed E-state index contributed by atoms with van der Waals surface area (Å²) < 4.78 is 0. The summed E-state index contributed by atoms with van der Waals surface area (Å²) in [6, 6.07) is 0.509. The van der Waals surface area contributed by atoms with Crippen molar-refractivity contribution in [2.24, 2.45) is 0 Å². The van der Waals surface area contributed by atoms with Gasteiger partial charge >= 0.3 is 0 Å². The van der Waals surface area contributed by atoms with Gasteiger partial charge in [-0.15, -0.1) is 0 Å². The second-order valence-corrected chi connectivity index (χ2v) is 6.51. The molecule has 2 aliphatic rings. The molecule has 0 amide bonds. The van der Waals surface area contributed by atoms with Crippen LogP contribution in [0.15, 0.2) is 0 Å². The first-order valence-electron chi connectivity index (χ1n) is 6.71. The number of hydrogen-bond acceptors (Lipinski definition) is 6. The Morgan fingerprint density at radius 2 is 2.05 bits per heavy atom. The van der Waals surface area contributed by atoms with Crippen molar-refractivity contribution >= 4 is 35.3 Å². The molecule has 1 unspecified atom stereocenters. The molecule has 1 aromatic heterocycles. The van der Waals surface area contributed by atoms with Crippen molar-refractivity contribution in [1.29, 1.82) is 0 Å². The van der Waals surface area contributed by atoms with Crippen molar-refractivity contribution in [3.05, 3.63) is 5.28 Å². The topological polar surface area (TPSA) is 45.2 Å². The predicted molar refractivity (Wildman–Crippen MR) is 80.4 cm³/mol. The summed E-state index contributed by atoms with van der Waals surface area (Å²) in [4.78, 5) is 17.5. The molecule has 1 aromatic rings. The lowest BCUT2D eigenvalue weighted by molar-refractivity contribution is 0.677. The number of thioether (sulfide) groups is 1. The van der Waals surface area contributed by atoms with Gasteiger partial charge in [-0.05, 0) is 36.6 Å². The lowest BCUT2D eigenvalue weighted by Gasteiger charge is -2.25. The third-order valence-corrected chi connectivity index (χ3v) is 5.06. The zero-order valence-corrected chi connectivity index (χ0v) is 12.6. The molecule has 0 spiro atoms. The minimum absolute atomic E-state index is 0.296. The van der Waals surface area contributed by atoms with Crippen molar-refractivity contribution in [2.45, 2.75) is 25.3 Å². The van der Waals surface area contributed by atoms with Crippen LogP contribution >= 0.6 is 23.4 Å². The lowest BCUT2D eigenvalue weighted by Crippen LogP contribution is -2.33. The van der Waals surface area contributed by atoms with Gasteiger partial charge in [-0.2, -0.15) is 26.7 Å². The van der Waals surface area contributed by atoms with Crippen LogP contribution in [0.4, 0.5) is 11.9 Å². The SMILES string of the molecule is CN(c1nc(Cl)nc(N2CCCC2)n1)C1CCSC1. The minimum atomic E-state index is 0.296. The molecule has 0 radical (unpaired) electrons. The molecule has 3 heterocycles. The van der Waals surface area contributed by atoms with Crippen molar-refractivity contribution in [1.82, 2.24) is 15.0 Å². The van der Waals surface area contributed by atoms with E-state index in [0.717, 1.165) is 24.8 Å². The van der Waals surface area contributed by atoms with Gasteiger partial charge in [0.1, 0.15) is 0 Å². The number of anilines is 2. The Morgan fingerprint density at radius 1 is 1.26 bits per heavy atom. The van der Waals surface area contributed by atoms with Crippen LogP contribution in [0.1, 0.15) is 19.3 Å². The highest BCUT2D eigenvalue weighted by atomic mass is 35.5. The lowest BCUT2D eigenvalue weighted by atomic mass is 10.2. The molecule has 1 atom stereocenters. The minimum Gasteiger partial charge on any atom is -0.341 e. The van der Waals surface area contributed by atoms with E-state index < -0.39 is 0 Å². The zero-order valence-electron chi connectivity index (χ0n) is 11.0. The van der Waals surface area contributed by atoms with Crippen molar-refractivity contribution in [3.63, 3.8) is 0 Å². The van der Waals surface area contributed by atoms with Crippen LogP contribution in [0.25, 0.3) is 0 Å². The summed E-state index contributed by atoms with van der Waals surface area (Å²) in [6.07, 6.45) is 3.59. The van der Waals surface area contributed by atoms with Gasteiger partial charge in [0.15, 0.2) is 0 Å². The smallest absolute Gasteiger partial charge is 0.231 e. The third kappa shape index (κ3) is 2.89. The highest BCUT2D eigenvalue weighted by Gasteiger charge is 2.24. The Morgan fingerprint density at radius 3 is 2.74 bits per heavy atom. The largest absolute Gasteiger partial charge is 0.341 e. The monoisotopic (exact) mass is 299 g/mol. The maximum Gasteiger partial charge on any atom is 0.231 e. The Kier molecular flexibility index (Phi) is 3.98. The molecule has 0 aliphatic carbocycles. The van der Waals surface area contributed by atoms with Gasteiger partial charge in [-0.1, -0.05) is 0 Å². The van der Waals surface area contributed by atoms with E-state index in [-0.39, 0.29) is 0 Å². The number of halogens is 1. The van der Waals surface area contributed by atoms with Crippen molar-refractivity contribution < 1.29 is 0 Å². The standard InChI is InChI=1S/C12H18ClN5S/c1-17(9-4-7-19-8-9)11-14-10(13)15-12(16-11)18-5-2-3-6-18/h9H,2-8H2,1H3. The first-order chi connectivity index (χ1) is 9.24. The highest BCUT2D eigenvalue weighted by molar-refractivity contribution is 7.99. The molecular weight excluding hydrogens is 282 g/mol. The first-order valence-corrected chi connectivity index (χ1v) is 8.24. The van der Waals surface area contributed by atoms with Crippen LogP contribution < -0.4 is 9.80 Å². The van der Waals surface area contributed by atoms with Crippen LogP contribution in [-0.2, 0) is 0 Å². The van der Waals surface area contributed by atoms with Gasteiger partial charge < -0.3 is 9.80 Å². The summed E-state index contributed by atoms with van der Waals surface area (Å²) in [5.74, 6) is 3.78. The average molecular weight is 300 g/mol. The maximum atomic E-state index is 6.06. The summed E-state index contributed by atoms with van der Waals surface area (Å²) >= 11 is 8.04. The first kappa shape index (κ1) is 13.2. The zero-order chi connectivity index (χ0) is 13.2. The van der Waals surface area contributed by atoms with Crippen LogP contribution in [0.5, 0.6) is 0 Å². The fourth-order valence-corrected chi connectivity index (χ4v) is 3.96. The number of rotatable bonds is 3. The van der Waals surface area contributed by atoms with E-state index in [1.807, 2.05) is 11.8 Å². The van der Waals surface area contributed by atoms with E-state index >= 15 is 0 Å². The van der Waals surface area contributed by atoms with E-state index in [0.29, 0.717) is 17.3 Å². The van der Waals surface area contributed by atoms with Gasteiger partial charge in [0, 0.05) is 31.9 Å². The van der Waals surface area contributed by atoms with Crippen LogP contribution in [-0.4, -0.2) is 52.6 Å². The normalized spacial score (nSPS) is 23.1. The predicted octanol–water partition coefficient (Wildman–Crippen LogP) is 2.07. The Balaban J connectivity index is 1.83. The summed E-state index contributed by atoms with van der Waals surface area (Å²) in [5.41, 5.74) is 0. The van der Waals surface area contributed by atoms with E-state index in [1.54, 1.807) is 0 Å². The Bertz CT molecular complexity index is 446. The van der Waals surface area contributed by atoms with Crippen molar-refractivity contribution in [3.8, 4) is 0 Å². The van der Waals surface area contributed by atoms with Crippen LogP contribution in [0, 0.1) is 0 Å². The van der Waals surface area contributed by atoms with Crippen LogP contribution in [0.2, 0.25) is 5.28 Å². The molecule has 0 bridgehead atoms. The quantitative estimate of drug-likeness (QED) is 0.851. The Labute approximate surface area is 122 Å². The van der Waals surface area contributed by atoms with Gasteiger partial charge in [0.25, 0.3) is 0 Å². The van der Waals surface area contributed by atoms with Gasteiger partial charge in [0.2, 0.25) is 17.2 Å². The molecule has 0 N–H and O–H groups in total. The molecule has 2 fully saturated rings. The molecule has 5 nitrogen and oxygen atoms in total. The van der Waals surface area contributed by atoms with E-state index in [1.165, 1.54) is 25.0 Å². The highest BCUT2D eigenvalue weighted by Crippen LogP contribution is 2.26. The van der Waals surface area contributed by atoms with Gasteiger partial charge in [0.05, 0.1) is 0 Å². The molecular formula is C12H18ClN5S. The fourth-order valence-electron chi connectivity index (χ4n) is 2.54. The molecule has 0 saturated carbocycles. The van der Waals surface area contributed by atoms with E-state index in [4.69, 9.17) is 11.6 Å². The number of hydrogen-bond donors (Lipinski definition) is 0. The van der Waals surface area contributed by atoms with Gasteiger partial charge in [-0.25, -0.2) is 0 Å². The maximum absolute atomic E-state index is 6.06. The number of aromatic nitrogens is 3. The molecule has 3 rings (SSSR count). The summed E-state index contributed by atoms with van der Waals surface area (Å²) in [5, 5.41) is 0.296. The van der Waals surface area contributed by atoms with Gasteiger partial charge in [-0.3, -0.25) is 0 Å². The molecule has 104 valence electrons. The number of nitrogens with zero attached hydrogens (tertiary/aromatic N) is 5. The molecule has 7 heteroatoms. The summed E-state index contributed by atoms with van der Waals surface area (Å²) in [6.45, 7) is 2.03. The summed E-state index contributed by atoms with van der Waals surface area (Å²) in [7, 11) is 2.05. The van der Waals surface area contributed by atoms with E-state index in [9.17, 15) is 0 Å². The average Bonchev–Trinajstić information content (AvgIpc) is 3.10. The van der Waals surface area contributed by atoms with Crippen LogP contribution in [0.3, 0.4) is 0 Å². The molecule has 2 saturated heterocycles. The van der Waals surface area contributed by atoms with Crippen molar-refractivity contribution in [2.75, 3.05) is 41.4 Å². The molecule has 2 aliphatic heterocycles. The van der Waals surface area contributed by atoms with E-state index in [2.05, 4.69) is 31.8 Å². The second-order valence-electron chi connectivity index (χ2n) is 5.03. The molecule has 0 aromatic carbocycles. The second kappa shape index (κ2) is 5.71. The molecule has 19 heavy (non-hydrogen) atoms. The third-order valence-electron chi connectivity index (χ3n) is 3.74.